The molecule has 4 nitrogen and oxygen atoms in total. The predicted molar refractivity (Wildman–Crippen MR) is 76.2 cm³/mol. The molecule has 0 aliphatic carbocycles. The molecule has 0 spiro atoms. The Labute approximate surface area is 114 Å². The molecule has 4 heteroatoms. The van der Waals surface area contributed by atoms with E-state index in [2.05, 4.69) is 10.6 Å². The first-order valence-corrected chi connectivity index (χ1v) is 6.81. The highest BCUT2D eigenvalue weighted by molar-refractivity contribution is 5.94. The van der Waals surface area contributed by atoms with Crippen LogP contribution in [0.15, 0.2) is 24.3 Å². The number of hydrogen-bond donors (Lipinski definition) is 2. The summed E-state index contributed by atoms with van der Waals surface area (Å²) in [5.74, 6) is -0.0112. The Morgan fingerprint density at radius 1 is 1.37 bits per heavy atom. The van der Waals surface area contributed by atoms with Gasteiger partial charge in [0, 0.05) is 18.3 Å². The van der Waals surface area contributed by atoms with Crippen molar-refractivity contribution in [2.75, 3.05) is 11.9 Å². The molecule has 3 unspecified atom stereocenters. The first-order valence-electron chi connectivity index (χ1n) is 6.81. The zero-order valence-corrected chi connectivity index (χ0v) is 11.8. The highest BCUT2D eigenvalue weighted by atomic mass is 16.5. The van der Waals surface area contributed by atoms with Crippen LogP contribution in [0.4, 0.5) is 5.69 Å². The number of carbonyl (C=O) groups is 1. The molecule has 0 saturated carbocycles. The van der Waals surface area contributed by atoms with Gasteiger partial charge in [-0.2, -0.15) is 0 Å². The summed E-state index contributed by atoms with van der Waals surface area (Å²) >= 11 is 0. The summed E-state index contributed by atoms with van der Waals surface area (Å²) in [6, 6.07) is 7.85. The van der Waals surface area contributed by atoms with Crippen LogP contribution in [0.5, 0.6) is 0 Å². The van der Waals surface area contributed by atoms with E-state index in [-0.39, 0.29) is 24.1 Å². The van der Waals surface area contributed by atoms with Crippen molar-refractivity contribution in [1.29, 1.82) is 0 Å². The van der Waals surface area contributed by atoms with E-state index in [1.165, 1.54) is 5.56 Å². The van der Waals surface area contributed by atoms with Crippen molar-refractivity contribution < 1.29 is 9.53 Å². The summed E-state index contributed by atoms with van der Waals surface area (Å²) in [6.07, 6.45) is 1.14. The Bertz CT molecular complexity index is 430. The largest absolute Gasteiger partial charge is 0.377 e. The van der Waals surface area contributed by atoms with Gasteiger partial charge in [0.25, 0.3) is 0 Å². The topological polar surface area (TPSA) is 50.4 Å². The molecular weight excluding hydrogens is 240 g/mol. The summed E-state index contributed by atoms with van der Waals surface area (Å²) < 4.78 is 5.48. The Morgan fingerprint density at radius 3 is 2.63 bits per heavy atom. The van der Waals surface area contributed by atoms with E-state index < -0.39 is 0 Å². The molecule has 0 radical (unpaired) electrons. The summed E-state index contributed by atoms with van der Waals surface area (Å²) in [5, 5.41) is 6.24. The molecule has 1 fully saturated rings. The summed E-state index contributed by atoms with van der Waals surface area (Å²) in [5.41, 5.74) is 2.01. The van der Waals surface area contributed by atoms with Gasteiger partial charge in [-0.15, -0.1) is 0 Å². The number of anilines is 1. The SMILES string of the molecule is Cc1ccc(NC(=O)C(C)NC2CCOC2C)cc1. The van der Waals surface area contributed by atoms with Crippen LogP contribution in [0.25, 0.3) is 0 Å². The molecular formula is C15H22N2O2. The first kappa shape index (κ1) is 14.0. The molecule has 1 aromatic rings. The van der Waals surface area contributed by atoms with Crippen LogP contribution in [0, 0.1) is 6.92 Å². The minimum absolute atomic E-state index is 0.0112. The molecule has 1 aliphatic heterocycles. The Kier molecular flexibility index (Phi) is 4.56. The predicted octanol–water partition coefficient (Wildman–Crippen LogP) is 2.09. The molecule has 1 saturated heterocycles. The summed E-state index contributed by atoms with van der Waals surface area (Å²) in [6.45, 7) is 6.71. The fraction of sp³-hybridized carbons (Fsp3) is 0.533. The van der Waals surface area contributed by atoms with Gasteiger partial charge in [-0.1, -0.05) is 17.7 Å². The lowest BCUT2D eigenvalue weighted by molar-refractivity contribution is -0.118. The summed E-state index contributed by atoms with van der Waals surface area (Å²) in [7, 11) is 0. The van der Waals surface area contributed by atoms with Crippen molar-refractivity contribution >= 4 is 11.6 Å². The molecule has 2 rings (SSSR count). The zero-order valence-electron chi connectivity index (χ0n) is 11.8. The van der Waals surface area contributed by atoms with Crippen LogP contribution in [0.1, 0.15) is 25.8 Å². The molecule has 104 valence electrons. The van der Waals surface area contributed by atoms with Crippen LogP contribution in [0.2, 0.25) is 0 Å². The van der Waals surface area contributed by atoms with Gasteiger partial charge in [-0.05, 0) is 39.3 Å². The minimum Gasteiger partial charge on any atom is -0.377 e. The summed E-state index contributed by atoms with van der Waals surface area (Å²) in [4.78, 5) is 12.1. The maximum Gasteiger partial charge on any atom is 0.241 e. The molecule has 1 aromatic carbocycles. The number of carbonyl (C=O) groups excluding carboxylic acids is 1. The maximum atomic E-state index is 12.1. The van der Waals surface area contributed by atoms with Gasteiger partial charge in [0.1, 0.15) is 0 Å². The van der Waals surface area contributed by atoms with Gasteiger partial charge < -0.3 is 15.4 Å². The fourth-order valence-electron chi connectivity index (χ4n) is 2.23. The fourth-order valence-corrected chi connectivity index (χ4v) is 2.23. The Hall–Kier alpha value is -1.39. The third-order valence-electron chi connectivity index (χ3n) is 3.55. The molecule has 3 atom stereocenters. The van der Waals surface area contributed by atoms with Crippen molar-refractivity contribution in [2.24, 2.45) is 0 Å². The van der Waals surface area contributed by atoms with Crippen molar-refractivity contribution in [3.05, 3.63) is 29.8 Å². The molecule has 19 heavy (non-hydrogen) atoms. The van der Waals surface area contributed by atoms with Gasteiger partial charge in [-0.25, -0.2) is 0 Å². The molecule has 2 N–H and O–H groups in total. The monoisotopic (exact) mass is 262 g/mol. The quantitative estimate of drug-likeness (QED) is 0.873. The number of rotatable bonds is 4. The number of amides is 1. The van der Waals surface area contributed by atoms with E-state index in [4.69, 9.17) is 4.74 Å². The van der Waals surface area contributed by atoms with Crippen molar-refractivity contribution in [3.63, 3.8) is 0 Å². The van der Waals surface area contributed by atoms with Crippen molar-refractivity contribution in [2.45, 2.75) is 45.4 Å². The van der Waals surface area contributed by atoms with Crippen LogP contribution in [-0.4, -0.2) is 30.7 Å². The lowest BCUT2D eigenvalue weighted by atomic mass is 10.1. The van der Waals surface area contributed by atoms with E-state index in [1.807, 2.05) is 45.0 Å². The molecule has 0 aromatic heterocycles. The molecule has 1 amide bonds. The number of hydrogen-bond acceptors (Lipinski definition) is 3. The number of ether oxygens (including phenoxy) is 1. The van der Waals surface area contributed by atoms with Gasteiger partial charge in [0.15, 0.2) is 0 Å². The Balaban J connectivity index is 1.86. The molecule has 0 bridgehead atoms. The standard InChI is InChI=1S/C15H22N2O2/c1-10-4-6-13(7-5-10)17-15(18)11(2)16-14-8-9-19-12(14)3/h4-7,11-12,14,16H,8-9H2,1-3H3,(H,17,18). The third-order valence-corrected chi connectivity index (χ3v) is 3.55. The van der Waals surface area contributed by atoms with Crippen LogP contribution >= 0.6 is 0 Å². The van der Waals surface area contributed by atoms with E-state index >= 15 is 0 Å². The van der Waals surface area contributed by atoms with Gasteiger partial charge in [-0.3, -0.25) is 4.79 Å². The van der Waals surface area contributed by atoms with Crippen LogP contribution < -0.4 is 10.6 Å². The lowest BCUT2D eigenvalue weighted by Crippen LogP contribution is -2.46. The minimum atomic E-state index is -0.226. The molecule has 1 heterocycles. The number of aryl methyl sites for hydroxylation is 1. The average Bonchev–Trinajstić information content (AvgIpc) is 2.78. The number of benzene rings is 1. The van der Waals surface area contributed by atoms with Crippen molar-refractivity contribution in [1.82, 2.24) is 5.32 Å². The van der Waals surface area contributed by atoms with E-state index in [9.17, 15) is 4.79 Å². The van der Waals surface area contributed by atoms with E-state index in [1.54, 1.807) is 0 Å². The van der Waals surface area contributed by atoms with E-state index in [0.29, 0.717) is 0 Å². The van der Waals surface area contributed by atoms with Crippen LogP contribution in [0.3, 0.4) is 0 Å². The van der Waals surface area contributed by atoms with Gasteiger partial charge in [0.05, 0.1) is 12.1 Å². The molecule has 1 aliphatic rings. The third kappa shape index (κ3) is 3.78. The lowest BCUT2D eigenvalue weighted by Gasteiger charge is -2.21. The average molecular weight is 262 g/mol. The number of nitrogens with one attached hydrogen (secondary N) is 2. The zero-order chi connectivity index (χ0) is 13.8. The Morgan fingerprint density at radius 2 is 2.05 bits per heavy atom. The second-order valence-corrected chi connectivity index (χ2v) is 5.21. The second-order valence-electron chi connectivity index (χ2n) is 5.21. The van der Waals surface area contributed by atoms with Crippen LogP contribution in [-0.2, 0) is 9.53 Å². The van der Waals surface area contributed by atoms with Gasteiger partial charge >= 0.3 is 0 Å². The van der Waals surface area contributed by atoms with E-state index in [0.717, 1.165) is 18.7 Å². The highest BCUT2D eigenvalue weighted by Crippen LogP contribution is 2.14. The normalized spacial score (nSPS) is 24.2. The van der Waals surface area contributed by atoms with Crippen molar-refractivity contribution in [3.8, 4) is 0 Å². The van der Waals surface area contributed by atoms with Gasteiger partial charge in [0.2, 0.25) is 5.91 Å². The highest BCUT2D eigenvalue weighted by Gasteiger charge is 2.27. The first-order chi connectivity index (χ1) is 9.06. The maximum absolute atomic E-state index is 12.1. The smallest absolute Gasteiger partial charge is 0.241 e. The second kappa shape index (κ2) is 6.17.